The number of alkyl halides is 3. The summed E-state index contributed by atoms with van der Waals surface area (Å²) < 4.78 is 46.6. The number of anilines is 3. The molecular formula is C32H40F3N5O4. The third kappa shape index (κ3) is 6.34. The molecule has 9 nitrogen and oxygen atoms in total. The second-order valence-electron chi connectivity index (χ2n) is 13.2. The Kier molecular flexibility index (Phi) is 8.32. The van der Waals surface area contributed by atoms with Gasteiger partial charge in [0.2, 0.25) is 11.8 Å². The number of likely N-dealkylation sites (N-methyl/N-ethyl adjacent to an activating group) is 1. The number of pyridine rings is 1. The van der Waals surface area contributed by atoms with E-state index < -0.39 is 35.2 Å². The summed E-state index contributed by atoms with van der Waals surface area (Å²) in [5.41, 5.74) is 1.17. The monoisotopic (exact) mass is 615 g/mol. The Bertz CT molecular complexity index is 1450. The van der Waals surface area contributed by atoms with Crippen molar-refractivity contribution >= 4 is 35.1 Å². The Morgan fingerprint density at radius 2 is 1.75 bits per heavy atom. The smallest absolute Gasteiger partial charge is 0.416 e. The summed E-state index contributed by atoms with van der Waals surface area (Å²) in [6, 6.07) is 6.48. The van der Waals surface area contributed by atoms with E-state index in [1.54, 1.807) is 11.9 Å². The maximum Gasteiger partial charge on any atom is 0.416 e. The fourth-order valence-corrected chi connectivity index (χ4v) is 6.60. The number of aromatic nitrogens is 1. The molecule has 3 aliphatic heterocycles. The maximum absolute atomic E-state index is 14.1. The summed E-state index contributed by atoms with van der Waals surface area (Å²) >= 11 is 0. The lowest BCUT2D eigenvalue weighted by Gasteiger charge is -2.42. The molecule has 44 heavy (non-hydrogen) atoms. The Morgan fingerprint density at radius 3 is 2.39 bits per heavy atom. The molecule has 2 atom stereocenters. The molecule has 12 heteroatoms. The molecule has 3 aliphatic rings. The van der Waals surface area contributed by atoms with E-state index in [1.807, 2.05) is 45.9 Å². The highest BCUT2D eigenvalue weighted by atomic mass is 19.4. The van der Waals surface area contributed by atoms with E-state index >= 15 is 0 Å². The number of likely N-dealkylation sites (tertiary alicyclic amines) is 1. The Labute approximate surface area is 255 Å². The van der Waals surface area contributed by atoms with Crippen LogP contribution < -0.4 is 14.7 Å². The number of carbonyl (C=O) groups excluding carboxylic acids is 3. The lowest BCUT2D eigenvalue weighted by Crippen LogP contribution is -2.53. The van der Waals surface area contributed by atoms with Gasteiger partial charge in [-0.25, -0.2) is 9.78 Å². The van der Waals surface area contributed by atoms with Crippen molar-refractivity contribution < 1.29 is 32.3 Å². The van der Waals surface area contributed by atoms with Gasteiger partial charge >= 0.3 is 12.3 Å². The number of carbonyl (C=O) groups is 3. The summed E-state index contributed by atoms with van der Waals surface area (Å²) in [4.78, 5) is 51.1. The van der Waals surface area contributed by atoms with Gasteiger partial charge in [-0.1, -0.05) is 12.1 Å². The molecule has 0 N–H and O–H groups in total. The molecule has 2 aromatic rings. The normalized spacial score (nSPS) is 21.7. The fourth-order valence-electron chi connectivity index (χ4n) is 6.60. The minimum absolute atomic E-state index is 0.00994. The molecular weight excluding hydrogens is 575 g/mol. The van der Waals surface area contributed by atoms with Crippen LogP contribution in [0.4, 0.5) is 35.2 Å². The van der Waals surface area contributed by atoms with Crippen LogP contribution in [-0.4, -0.2) is 72.7 Å². The summed E-state index contributed by atoms with van der Waals surface area (Å²) in [7, 11) is 1.65. The van der Waals surface area contributed by atoms with Gasteiger partial charge < -0.3 is 19.4 Å². The number of aryl methyl sites for hydroxylation is 2. The predicted molar refractivity (Wildman–Crippen MR) is 161 cm³/mol. The molecule has 0 spiro atoms. The molecule has 5 rings (SSSR count). The van der Waals surface area contributed by atoms with Gasteiger partial charge in [-0.15, -0.1) is 0 Å². The predicted octanol–water partition coefficient (Wildman–Crippen LogP) is 5.57. The van der Waals surface area contributed by atoms with E-state index in [0.29, 0.717) is 31.9 Å². The second-order valence-corrected chi connectivity index (χ2v) is 13.2. The van der Waals surface area contributed by atoms with Gasteiger partial charge in [0.15, 0.2) is 0 Å². The van der Waals surface area contributed by atoms with Crippen LogP contribution in [-0.2, 0) is 20.5 Å². The van der Waals surface area contributed by atoms with Gasteiger partial charge in [0.25, 0.3) is 0 Å². The summed E-state index contributed by atoms with van der Waals surface area (Å²) in [5.74, 6) is -1.19. The number of rotatable bonds is 3. The number of hydrogen-bond acceptors (Lipinski definition) is 6. The van der Waals surface area contributed by atoms with Crippen molar-refractivity contribution in [2.75, 3.05) is 47.9 Å². The Balaban J connectivity index is 1.45. The number of para-hydroxylation sites is 1. The zero-order valence-corrected chi connectivity index (χ0v) is 26.1. The number of halogens is 3. The van der Waals surface area contributed by atoms with Crippen LogP contribution >= 0.6 is 0 Å². The highest BCUT2D eigenvalue weighted by Crippen LogP contribution is 2.42. The van der Waals surface area contributed by atoms with Crippen LogP contribution in [0.5, 0.6) is 0 Å². The standard InChI is InChI=1S/C32H40F3N5O4/c1-19-8-7-9-24-27(19)39(17-21-10-12-38(13-11-21)30(43)44-31(3,4)5)18-22-15-26(41)40(28(22)29(42)37(24)6)25-16-23(32(33,34)35)14-20(2)36-25/h7-9,14,16,21-22,28H,10-13,15,17-18H2,1-6H3/t22-,28+/m1/s1. The van der Waals surface area contributed by atoms with E-state index in [1.165, 1.54) is 16.7 Å². The third-order valence-corrected chi connectivity index (χ3v) is 8.62. The van der Waals surface area contributed by atoms with Crippen LogP contribution in [0.3, 0.4) is 0 Å². The summed E-state index contributed by atoms with van der Waals surface area (Å²) in [6.45, 7) is 11.1. The number of ether oxygens (including phenoxy) is 1. The van der Waals surface area contributed by atoms with Gasteiger partial charge in [0, 0.05) is 51.3 Å². The van der Waals surface area contributed by atoms with Crippen molar-refractivity contribution in [1.82, 2.24) is 9.88 Å². The molecule has 1 aromatic heterocycles. The molecule has 3 amide bonds. The van der Waals surface area contributed by atoms with Crippen molar-refractivity contribution in [2.45, 2.75) is 71.7 Å². The van der Waals surface area contributed by atoms with Crippen LogP contribution in [0.15, 0.2) is 30.3 Å². The summed E-state index contributed by atoms with van der Waals surface area (Å²) in [5, 5.41) is 0. The zero-order valence-electron chi connectivity index (χ0n) is 26.1. The second kappa shape index (κ2) is 11.6. The Hall–Kier alpha value is -3.83. The fraction of sp³-hybridized carbons (Fsp3) is 0.562. The molecule has 0 bridgehead atoms. The first-order valence-corrected chi connectivity index (χ1v) is 15.0. The first-order valence-electron chi connectivity index (χ1n) is 15.0. The average Bonchev–Trinajstić information content (AvgIpc) is 3.24. The highest BCUT2D eigenvalue weighted by molar-refractivity contribution is 6.10. The SMILES string of the molecule is Cc1cc(C(F)(F)F)cc(N2C(=O)C[C@@H]3CN(CC4CCN(C(=O)OC(C)(C)C)CC4)c4c(C)cccc4N(C)C(=O)[C@H]32)n1. The molecule has 1 aromatic carbocycles. The van der Waals surface area contributed by atoms with Gasteiger partial charge in [-0.05, 0) is 77.1 Å². The number of fused-ring (bicyclic) bond motifs is 2. The van der Waals surface area contributed by atoms with E-state index in [2.05, 4.69) is 9.88 Å². The average molecular weight is 616 g/mol. The summed E-state index contributed by atoms with van der Waals surface area (Å²) in [6.07, 6.45) is -3.42. The molecule has 238 valence electrons. The van der Waals surface area contributed by atoms with E-state index in [-0.39, 0.29) is 35.9 Å². The van der Waals surface area contributed by atoms with E-state index in [0.717, 1.165) is 36.2 Å². The van der Waals surface area contributed by atoms with Crippen LogP contribution in [0, 0.1) is 25.7 Å². The van der Waals surface area contributed by atoms with Gasteiger partial charge in [-0.3, -0.25) is 14.5 Å². The van der Waals surface area contributed by atoms with Crippen LogP contribution in [0.1, 0.15) is 56.9 Å². The van der Waals surface area contributed by atoms with Crippen molar-refractivity contribution in [1.29, 1.82) is 0 Å². The first kappa shape index (κ1) is 31.6. The lowest BCUT2D eigenvalue weighted by molar-refractivity contribution is -0.137. The van der Waals surface area contributed by atoms with Crippen molar-refractivity contribution in [2.24, 2.45) is 11.8 Å². The number of piperidine rings is 1. The van der Waals surface area contributed by atoms with Crippen molar-refractivity contribution in [3.8, 4) is 0 Å². The molecule has 0 radical (unpaired) electrons. The van der Waals surface area contributed by atoms with Gasteiger partial charge in [-0.2, -0.15) is 13.2 Å². The molecule has 0 saturated carbocycles. The van der Waals surface area contributed by atoms with Crippen LogP contribution in [0.2, 0.25) is 0 Å². The van der Waals surface area contributed by atoms with E-state index in [4.69, 9.17) is 4.74 Å². The zero-order chi connectivity index (χ0) is 32.1. The molecule has 0 unspecified atom stereocenters. The number of amides is 3. The maximum atomic E-state index is 14.1. The quantitative estimate of drug-likeness (QED) is 0.449. The highest BCUT2D eigenvalue weighted by Gasteiger charge is 2.49. The third-order valence-electron chi connectivity index (χ3n) is 8.62. The van der Waals surface area contributed by atoms with Crippen LogP contribution in [0.25, 0.3) is 0 Å². The van der Waals surface area contributed by atoms with Gasteiger partial charge in [0.1, 0.15) is 17.5 Å². The minimum Gasteiger partial charge on any atom is -0.444 e. The molecule has 2 fully saturated rings. The largest absolute Gasteiger partial charge is 0.444 e. The van der Waals surface area contributed by atoms with Crippen molar-refractivity contribution in [3.05, 3.63) is 47.2 Å². The number of hydrogen-bond donors (Lipinski definition) is 0. The number of nitrogens with zero attached hydrogens (tertiary/aromatic N) is 5. The molecule has 2 saturated heterocycles. The topological polar surface area (TPSA) is 86.3 Å². The van der Waals surface area contributed by atoms with E-state index in [9.17, 15) is 27.6 Å². The minimum atomic E-state index is -4.63. The van der Waals surface area contributed by atoms with Gasteiger partial charge in [0.05, 0.1) is 16.9 Å². The molecule has 0 aliphatic carbocycles. The first-order chi connectivity index (χ1) is 20.5. The molecule has 4 heterocycles. The number of benzene rings is 1. The van der Waals surface area contributed by atoms with Crippen molar-refractivity contribution in [3.63, 3.8) is 0 Å². The Morgan fingerprint density at radius 1 is 1.07 bits per heavy atom. The lowest BCUT2D eigenvalue weighted by atomic mass is 9.92.